The molecule has 0 bridgehead atoms. The molecular weight excluding hydrogens is 354 g/mol. The number of urea groups is 1. The van der Waals surface area contributed by atoms with Crippen molar-refractivity contribution in [2.45, 2.75) is 19.8 Å². The highest BCUT2D eigenvalue weighted by molar-refractivity contribution is 5.94. The summed E-state index contributed by atoms with van der Waals surface area (Å²) in [6, 6.07) is 15.1. The normalized spacial score (nSPS) is 14.1. The molecule has 2 aromatic carbocycles. The standard InChI is InChI=1S/C22H27N3O3/c1-16(2)19-9-4-5-10-20(19)24-11-13-25(14-12-24)22(27)23-18-8-6-7-17(15-18)21(26)28-3/h4-10,15-16H,11-14H2,1-3H3,(H,23,27). The number of ether oxygens (including phenoxy) is 1. The van der Waals surface area contributed by atoms with Crippen LogP contribution in [-0.2, 0) is 4.74 Å². The number of nitrogens with one attached hydrogen (secondary N) is 1. The molecular formula is C22H27N3O3. The highest BCUT2D eigenvalue weighted by atomic mass is 16.5. The van der Waals surface area contributed by atoms with Gasteiger partial charge in [-0.3, -0.25) is 0 Å². The first-order chi connectivity index (χ1) is 13.5. The molecule has 0 atom stereocenters. The summed E-state index contributed by atoms with van der Waals surface area (Å²) >= 11 is 0. The third-order valence-electron chi connectivity index (χ3n) is 5.00. The Morgan fingerprint density at radius 1 is 1.00 bits per heavy atom. The van der Waals surface area contributed by atoms with Crippen LogP contribution < -0.4 is 10.2 Å². The molecule has 28 heavy (non-hydrogen) atoms. The molecule has 1 N–H and O–H groups in total. The lowest BCUT2D eigenvalue weighted by atomic mass is 10.00. The van der Waals surface area contributed by atoms with Crippen molar-refractivity contribution in [2.75, 3.05) is 43.5 Å². The summed E-state index contributed by atoms with van der Waals surface area (Å²) in [5.74, 6) is 0.0353. The van der Waals surface area contributed by atoms with Crippen molar-refractivity contribution in [2.24, 2.45) is 0 Å². The molecule has 0 unspecified atom stereocenters. The fraction of sp³-hybridized carbons (Fsp3) is 0.364. The summed E-state index contributed by atoms with van der Waals surface area (Å²) in [5, 5.41) is 2.88. The Morgan fingerprint density at radius 3 is 2.39 bits per heavy atom. The molecule has 0 spiro atoms. The fourth-order valence-corrected chi connectivity index (χ4v) is 3.46. The molecule has 1 heterocycles. The van der Waals surface area contributed by atoms with Crippen molar-refractivity contribution in [1.29, 1.82) is 0 Å². The first kappa shape index (κ1) is 19.7. The maximum atomic E-state index is 12.6. The summed E-state index contributed by atoms with van der Waals surface area (Å²) in [7, 11) is 1.34. The van der Waals surface area contributed by atoms with Gasteiger partial charge in [-0.25, -0.2) is 9.59 Å². The van der Waals surface area contributed by atoms with Crippen LogP contribution in [0, 0.1) is 0 Å². The van der Waals surface area contributed by atoms with E-state index in [1.165, 1.54) is 18.4 Å². The predicted molar refractivity (Wildman–Crippen MR) is 111 cm³/mol. The van der Waals surface area contributed by atoms with E-state index >= 15 is 0 Å². The lowest BCUT2D eigenvalue weighted by Gasteiger charge is -2.37. The van der Waals surface area contributed by atoms with Gasteiger partial charge in [-0.05, 0) is 35.7 Å². The molecule has 0 aromatic heterocycles. The minimum absolute atomic E-state index is 0.154. The van der Waals surface area contributed by atoms with Crippen LogP contribution in [0.4, 0.5) is 16.2 Å². The van der Waals surface area contributed by atoms with Gasteiger partial charge in [-0.1, -0.05) is 38.1 Å². The second-order valence-electron chi connectivity index (χ2n) is 7.19. The first-order valence-electron chi connectivity index (χ1n) is 9.57. The number of amides is 2. The van der Waals surface area contributed by atoms with Crippen LogP contribution in [0.1, 0.15) is 35.7 Å². The zero-order valence-electron chi connectivity index (χ0n) is 16.6. The maximum absolute atomic E-state index is 12.6. The number of rotatable bonds is 4. The van der Waals surface area contributed by atoms with Gasteiger partial charge in [0.1, 0.15) is 0 Å². The Hall–Kier alpha value is -3.02. The molecule has 0 radical (unpaired) electrons. The number of methoxy groups -OCH3 is 1. The van der Waals surface area contributed by atoms with Gasteiger partial charge in [0.25, 0.3) is 0 Å². The van der Waals surface area contributed by atoms with Crippen molar-refractivity contribution < 1.29 is 14.3 Å². The van der Waals surface area contributed by atoms with Gasteiger partial charge in [0, 0.05) is 37.6 Å². The van der Waals surface area contributed by atoms with Gasteiger partial charge >= 0.3 is 12.0 Å². The van der Waals surface area contributed by atoms with E-state index in [4.69, 9.17) is 4.74 Å². The van der Waals surface area contributed by atoms with Crippen molar-refractivity contribution in [3.05, 3.63) is 59.7 Å². The Labute approximate surface area is 166 Å². The van der Waals surface area contributed by atoms with Crippen LogP contribution in [0.5, 0.6) is 0 Å². The number of esters is 1. The average molecular weight is 381 g/mol. The number of benzene rings is 2. The summed E-state index contributed by atoms with van der Waals surface area (Å²) < 4.78 is 4.73. The van der Waals surface area contributed by atoms with Crippen LogP contribution in [0.3, 0.4) is 0 Å². The molecule has 1 aliphatic heterocycles. The maximum Gasteiger partial charge on any atom is 0.337 e. The van der Waals surface area contributed by atoms with Crippen LogP contribution in [-0.4, -0.2) is 50.2 Å². The number of hydrogen-bond acceptors (Lipinski definition) is 4. The quantitative estimate of drug-likeness (QED) is 0.815. The summed E-state index contributed by atoms with van der Waals surface area (Å²) in [6.07, 6.45) is 0. The Balaban J connectivity index is 1.61. The molecule has 1 aliphatic rings. The molecule has 1 saturated heterocycles. The molecule has 2 aromatic rings. The van der Waals surface area contributed by atoms with Gasteiger partial charge in [0.2, 0.25) is 0 Å². The number of piperazine rings is 1. The van der Waals surface area contributed by atoms with Crippen molar-refractivity contribution in [3.63, 3.8) is 0 Å². The van der Waals surface area contributed by atoms with Crippen LogP contribution in [0.2, 0.25) is 0 Å². The topological polar surface area (TPSA) is 61.9 Å². The number of carbonyl (C=O) groups is 2. The van der Waals surface area contributed by atoms with Gasteiger partial charge in [-0.15, -0.1) is 0 Å². The SMILES string of the molecule is COC(=O)c1cccc(NC(=O)N2CCN(c3ccccc3C(C)C)CC2)c1. The monoisotopic (exact) mass is 381 g/mol. The van der Waals surface area contributed by atoms with Gasteiger partial charge in [0.05, 0.1) is 12.7 Å². The van der Waals surface area contributed by atoms with Crippen molar-refractivity contribution >= 4 is 23.4 Å². The summed E-state index contributed by atoms with van der Waals surface area (Å²) in [4.78, 5) is 28.4. The Kier molecular flexibility index (Phi) is 6.19. The summed E-state index contributed by atoms with van der Waals surface area (Å²) in [6.45, 7) is 7.28. The number of anilines is 2. The second kappa shape index (κ2) is 8.78. The lowest BCUT2D eigenvalue weighted by Crippen LogP contribution is -2.50. The van der Waals surface area contributed by atoms with E-state index in [0.717, 1.165) is 13.1 Å². The van der Waals surface area contributed by atoms with E-state index in [0.29, 0.717) is 30.3 Å². The third kappa shape index (κ3) is 4.44. The smallest absolute Gasteiger partial charge is 0.337 e. The van der Waals surface area contributed by atoms with Gasteiger partial charge in [0.15, 0.2) is 0 Å². The largest absolute Gasteiger partial charge is 0.465 e. The number of nitrogens with zero attached hydrogens (tertiary/aromatic N) is 2. The minimum Gasteiger partial charge on any atom is -0.465 e. The zero-order chi connectivity index (χ0) is 20.1. The van der Waals surface area contributed by atoms with Crippen LogP contribution in [0.15, 0.2) is 48.5 Å². The van der Waals surface area contributed by atoms with Crippen molar-refractivity contribution in [1.82, 2.24) is 4.90 Å². The molecule has 0 saturated carbocycles. The molecule has 148 valence electrons. The predicted octanol–water partition coefficient (Wildman–Crippen LogP) is 3.95. The van der Waals surface area contributed by atoms with E-state index in [2.05, 4.69) is 48.3 Å². The van der Waals surface area contributed by atoms with E-state index < -0.39 is 5.97 Å². The first-order valence-corrected chi connectivity index (χ1v) is 9.57. The van der Waals surface area contributed by atoms with E-state index in [1.54, 1.807) is 29.2 Å². The van der Waals surface area contributed by atoms with E-state index in [-0.39, 0.29) is 6.03 Å². The van der Waals surface area contributed by atoms with Gasteiger partial charge < -0.3 is 19.9 Å². The lowest BCUT2D eigenvalue weighted by molar-refractivity contribution is 0.0600. The second-order valence-corrected chi connectivity index (χ2v) is 7.19. The molecule has 6 nitrogen and oxygen atoms in total. The highest BCUT2D eigenvalue weighted by Crippen LogP contribution is 2.28. The molecule has 2 amide bonds. The molecule has 1 fully saturated rings. The Morgan fingerprint density at radius 2 is 1.71 bits per heavy atom. The molecule has 3 rings (SSSR count). The number of hydrogen-bond donors (Lipinski definition) is 1. The average Bonchev–Trinajstić information content (AvgIpc) is 2.73. The van der Waals surface area contributed by atoms with E-state index in [9.17, 15) is 9.59 Å². The van der Waals surface area contributed by atoms with Crippen molar-refractivity contribution in [3.8, 4) is 0 Å². The van der Waals surface area contributed by atoms with Crippen LogP contribution in [0.25, 0.3) is 0 Å². The Bertz CT molecular complexity index is 842. The molecule has 6 heteroatoms. The van der Waals surface area contributed by atoms with E-state index in [1.807, 2.05) is 0 Å². The highest BCUT2D eigenvalue weighted by Gasteiger charge is 2.23. The zero-order valence-corrected chi connectivity index (χ0v) is 16.6. The molecule has 0 aliphatic carbocycles. The number of carbonyl (C=O) groups excluding carboxylic acids is 2. The number of para-hydroxylation sites is 1. The minimum atomic E-state index is -0.423. The summed E-state index contributed by atoms with van der Waals surface area (Å²) in [5.41, 5.74) is 3.58. The third-order valence-corrected chi connectivity index (χ3v) is 5.00. The van der Waals surface area contributed by atoms with Gasteiger partial charge in [-0.2, -0.15) is 0 Å². The van der Waals surface area contributed by atoms with Crippen LogP contribution >= 0.6 is 0 Å². The fourth-order valence-electron chi connectivity index (χ4n) is 3.46.